The molecule has 0 bridgehead atoms. The number of aryl methyl sites for hydroxylation is 1. The first-order valence-corrected chi connectivity index (χ1v) is 10.8. The van der Waals surface area contributed by atoms with E-state index in [1.165, 1.54) is 0 Å². The summed E-state index contributed by atoms with van der Waals surface area (Å²) in [6.07, 6.45) is 3.12. The van der Waals surface area contributed by atoms with Crippen LogP contribution in [-0.2, 0) is 4.79 Å². The number of pyridine rings is 1. The Morgan fingerprint density at radius 2 is 1.78 bits per heavy atom. The molecule has 6 heteroatoms. The molecule has 1 fully saturated rings. The van der Waals surface area contributed by atoms with E-state index in [-0.39, 0.29) is 23.5 Å². The van der Waals surface area contributed by atoms with E-state index >= 15 is 0 Å². The zero-order valence-corrected chi connectivity index (χ0v) is 17.8. The Bertz CT molecular complexity index is 1250. The number of likely N-dealkylation sites (tertiary alicyclic amines) is 1. The van der Waals surface area contributed by atoms with Gasteiger partial charge in [0.2, 0.25) is 5.91 Å². The molecular weight excluding hydrogens is 402 g/mol. The Balaban J connectivity index is 1.32. The molecule has 1 aromatic heterocycles. The molecule has 1 unspecified atom stereocenters. The standard InChI is InChI=1S/C26H23N3O3/c1-16-6-4-12-27-24(16)28-25(31)18-7-5-13-29(15-18)26(32)17-10-11-20-19-8-2-3-9-21(19)23(30)22(20)14-17/h2-4,6,8-12,14,18H,5,7,13,15H2,1H3,(H,27,28,31). The maximum atomic E-state index is 13.2. The zero-order valence-electron chi connectivity index (χ0n) is 17.8. The first kappa shape index (κ1) is 20.1. The van der Waals surface area contributed by atoms with Crippen LogP contribution in [0.1, 0.15) is 44.7 Å². The van der Waals surface area contributed by atoms with Gasteiger partial charge in [-0.15, -0.1) is 0 Å². The highest BCUT2D eigenvalue weighted by molar-refractivity contribution is 6.22. The third-order valence-corrected chi connectivity index (χ3v) is 6.30. The summed E-state index contributed by atoms with van der Waals surface area (Å²) >= 11 is 0. The van der Waals surface area contributed by atoms with E-state index in [1.54, 1.807) is 23.2 Å². The van der Waals surface area contributed by atoms with Crippen LogP contribution in [0.4, 0.5) is 5.82 Å². The van der Waals surface area contributed by atoms with Crippen molar-refractivity contribution in [1.82, 2.24) is 9.88 Å². The molecule has 0 radical (unpaired) electrons. The molecule has 2 amide bonds. The Morgan fingerprint density at radius 3 is 2.59 bits per heavy atom. The van der Waals surface area contributed by atoms with E-state index in [1.807, 2.05) is 49.4 Å². The van der Waals surface area contributed by atoms with Crippen LogP contribution in [0.3, 0.4) is 0 Å². The number of hydrogen-bond donors (Lipinski definition) is 1. The van der Waals surface area contributed by atoms with Gasteiger partial charge >= 0.3 is 0 Å². The number of amides is 2. The van der Waals surface area contributed by atoms with Crippen molar-refractivity contribution in [2.75, 3.05) is 18.4 Å². The molecule has 2 heterocycles. The van der Waals surface area contributed by atoms with E-state index in [2.05, 4.69) is 10.3 Å². The summed E-state index contributed by atoms with van der Waals surface area (Å²) in [5, 5.41) is 2.90. The summed E-state index contributed by atoms with van der Waals surface area (Å²) in [6, 6.07) is 16.5. The highest BCUT2D eigenvalue weighted by Crippen LogP contribution is 2.37. The Kier molecular flexibility index (Phi) is 5.05. The number of nitrogens with zero attached hydrogens (tertiary/aromatic N) is 2. The van der Waals surface area contributed by atoms with Crippen LogP contribution in [-0.4, -0.2) is 40.6 Å². The van der Waals surface area contributed by atoms with Gasteiger partial charge in [0.15, 0.2) is 5.78 Å². The molecule has 0 spiro atoms. The minimum absolute atomic E-state index is 0.0492. The van der Waals surface area contributed by atoms with E-state index in [9.17, 15) is 14.4 Å². The van der Waals surface area contributed by atoms with Gasteiger partial charge in [-0.3, -0.25) is 14.4 Å². The van der Waals surface area contributed by atoms with Gasteiger partial charge in [0.1, 0.15) is 5.82 Å². The summed E-state index contributed by atoms with van der Waals surface area (Å²) in [4.78, 5) is 44.8. The van der Waals surface area contributed by atoms with E-state index in [0.717, 1.165) is 29.5 Å². The molecule has 2 aromatic carbocycles. The number of anilines is 1. The van der Waals surface area contributed by atoms with Gasteiger partial charge in [-0.2, -0.15) is 0 Å². The first-order valence-electron chi connectivity index (χ1n) is 10.8. The van der Waals surface area contributed by atoms with Crippen LogP contribution in [0.15, 0.2) is 60.8 Å². The van der Waals surface area contributed by atoms with Gasteiger partial charge in [0, 0.05) is 36.0 Å². The quantitative estimate of drug-likeness (QED) is 0.536. The average molecular weight is 425 g/mol. The molecule has 1 N–H and O–H groups in total. The number of fused-ring (bicyclic) bond motifs is 3. The normalized spacial score (nSPS) is 17.0. The number of hydrogen-bond acceptors (Lipinski definition) is 4. The van der Waals surface area contributed by atoms with Gasteiger partial charge in [-0.05, 0) is 54.7 Å². The zero-order chi connectivity index (χ0) is 22.2. The van der Waals surface area contributed by atoms with Crippen molar-refractivity contribution in [2.45, 2.75) is 19.8 Å². The fraction of sp³-hybridized carbons (Fsp3) is 0.231. The number of nitrogens with one attached hydrogen (secondary N) is 1. The van der Waals surface area contributed by atoms with Gasteiger partial charge in [0.25, 0.3) is 5.91 Å². The van der Waals surface area contributed by atoms with Crippen molar-refractivity contribution in [3.63, 3.8) is 0 Å². The lowest BCUT2D eigenvalue weighted by Gasteiger charge is -2.32. The van der Waals surface area contributed by atoms with Crippen molar-refractivity contribution in [1.29, 1.82) is 0 Å². The SMILES string of the molecule is Cc1cccnc1NC(=O)C1CCCN(C(=O)c2ccc3c(c2)C(=O)c2ccccc2-3)C1. The Morgan fingerprint density at radius 1 is 1.00 bits per heavy atom. The molecule has 3 aromatic rings. The van der Waals surface area contributed by atoms with Gasteiger partial charge < -0.3 is 10.2 Å². The fourth-order valence-electron chi connectivity index (χ4n) is 4.55. The predicted molar refractivity (Wildman–Crippen MR) is 122 cm³/mol. The van der Waals surface area contributed by atoms with Crippen molar-refractivity contribution in [3.05, 3.63) is 83.0 Å². The van der Waals surface area contributed by atoms with Crippen LogP contribution in [0.5, 0.6) is 0 Å². The first-order chi connectivity index (χ1) is 15.5. The third-order valence-electron chi connectivity index (χ3n) is 6.30. The van der Waals surface area contributed by atoms with E-state index < -0.39 is 0 Å². The number of carbonyl (C=O) groups excluding carboxylic acids is 3. The van der Waals surface area contributed by atoms with E-state index in [0.29, 0.717) is 35.6 Å². The summed E-state index contributed by atoms with van der Waals surface area (Å²) in [6.45, 7) is 2.84. The molecule has 1 aliphatic carbocycles. The van der Waals surface area contributed by atoms with Crippen LogP contribution >= 0.6 is 0 Å². The second-order valence-corrected chi connectivity index (χ2v) is 8.38. The monoisotopic (exact) mass is 425 g/mol. The molecule has 6 nitrogen and oxygen atoms in total. The molecule has 160 valence electrons. The molecule has 1 aliphatic heterocycles. The van der Waals surface area contributed by atoms with Gasteiger partial charge in [-0.1, -0.05) is 36.4 Å². The lowest BCUT2D eigenvalue weighted by Crippen LogP contribution is -2.43. The number of piperidine rings is 1. The van der Waals surface area contributed by atoms with Crippen LogP contribution < -0.4 is 5.32 Å². The average Bonchev–Trinajstić information content (AvgIpc) is 3.12. The maximum absolute atomic E-state index is 13.2. The van der Waals surface area contributed by atoms with Gasteiger partial charge in [-0.25, -0.2) is 4.98 Å². The Labute approximate surface area is 186 Å². The van der Waals surface area contributed by atoms with Crippen LogP contribution in [0, 0.1) is 12.8 Å². The van der Waals surface area contributed by atoms with Crippen molar-refractivity contribution in [2.24, 2.45) is 5.92 Å². The minimum atomic E-state index is -0.297. The smallest absolute Gasteiger partial charge is 0.253 e. The second kappa shape index (κ2) is 8.04. The molecule has 2 aliphatic rings. The third kappa shape index (κ3) is 3.47. The van der Waals surface area contributed by atoms with Crippen LogP contribution in [0.25, 0.3) is 11.1 Å². The van der Waals surface area contributed by atoms with Crippen molar-refractivity contribution >= 4 is 23.4 Å². The van der Waals surface area contributed by atoms with E-state index in [4.69, 9.17) is 0 Å². The topological polar surface area (TPSA) is 79.4 Å². The number of carbonyl (C=O) groups is 3. The highest BCUT2D eigenvalue weighted by Gasteiger charge is 2.31. The number of rotatable bonds is 3. The van der Waals surface area contributed by atoms with Crippen LogP contribution in [0.2, 0.25) is 0 Å². The van der Waals surface area contributed by atoms with Crippen molar-refractivity contribution in [3.8, 4) is 11.1 Å². The Hall–Kier alpha value is -3.80. The lowest BCUT2D eigenvalue weighted by atomic mass is 9.95. The molecule has 32 heavy (non-hydrogen) atoms. The summed E-state index contributed by atoms with van der Waals surface area (Å²) in [7, 11) is 0. The molecule has 1 atom stereocenters. The summed E-state index contributed by atoms with van der Waals surface area (Å²) < 4.78 is 0. The fourth-order valence-corrected chi connectivity index (χ4v) is 4.55. The molecule has 1 saturated heterocycles. The summed E-state index contributed by atoms with van der Waals surface area (Å²) in [5.74, 6) is -0.0640. The molecule has 5 rings (SSSR count). The number of aromatic nitrogens is 1. The number of ketones is 1. The largest absolute Gasteiger partial charge is 0.338 e. The molecule has 0 saturated carbocycles. The molecular formula is C26H23N3O3. The van der Waals surface area contributed by atoms with Gasteiger partial charge in [0.05, 0.1) is 5.92 Å². The number of benzene rings is 2. The summed E-state index contributed by atoms with van der Waals surface area (Å²) in [5.41, 5.74) is 4.38. The van der Waals surface area contributed by atoms with Crippen molar-refractivity contribution < 1.29 is 14.4 Å². The minimum Gasteiger partial charge on any atom is -0.338 e. The lowest BCUT2D eigenvalue weighted by molar-refractivity contribution is -0.121. The predicted octanol–water partition coefficient (Wildman–Crippen LogP) is 4.09. The maximum Gasteiger partial charge on any atom is 0.253 e. The highest BCUT2D eigenvalue weighted by atomic mass is 16.2. The second-order valence-electron chi connectivity index (χ2n) is 8.38.